The second kappa shape index (κ2) is 12.8. The van der Waals surface area contributed by atoms with Crippen molar-refractivity contribution in [2.24, 2.45) is 0 Å². The van der Waals surface area contributed by atoms with Crippen molar-refractivity contribution in [3.8, 4) is 16.9 Å². The van der Waals surface area contributed by atoms with Gasteiger partial charge in [-0.1, -0.05) is 0 Å². The molecule has 0 heterocycles. The average Bonchev–Trinajstić information content (AvgIpc) is 2.61. The summed E-state index contributed by atoms with van der Waals surface area (Å²) in [6.45, 7) is 9.19. The van der Waals surface area contributed by atoms with Crippen LogP contribution in [-0.4, -0.2) is 0 Å². The third kappa shape index (κ3) is 6.31. The molecular weight excluding hydrogens is 399 g/mol. The van der Waals surface area contributed by atoms with Gasteiger partial charge in [0, 0.05) is 0 Å². The molecule has 2 aromatic carbocycles. The molecule has 1 nitrogen and oxygen atoms in total. The summed E-state index contributed by atoms with van der Waals surface area (Å²) in [4.78, 5) is 0. The molecule has 2 atom stereocenters. The second-order valence-electron chi connectivity index (χ2n) is 6.83. The summed E-state index contributed by atoms with van der Waals surface area (Å²) in [6, 6.07) is 15.4. The fourth-order valence-corrected chi connectivity index (χ4v) is 3.77. The third-order valence-corrected chi connectivity index (χ3v) is 5.21. The average molecular weight is 428 g/mol. The monoisotopic (exact) mass is 427 g/mol. The summed E-state index contributed by atoms with van der Waals surface area (Å²) in [5.74, 6) is 2.12. The van der Waals surface area contributed by atoms with Gasteiger partial charge < -0.3 is 24.8 Å². The largest absolute Gasteiger partial charge is 1.00 e. The van der Waals surface area contributed by atoms with E-state index in [9.17, 15) is 0 Å². The zero-order valence-corrected chi connectivity index (χ0v) is 19.3. The Labute approximate surface area is 184 Å². The molecule has 0 amide bonds. The van der Waals surface area contributed by atoms with Crippen LogP contribution in [-0.2, 0) is 20.8 Å². The van der Waals surface area contributed by atoms with Crippen molar-refractivity contribution in [1.29, 1.82) is 0 Å². The zero-order chi connectivity index (χ0) is 17.5. The van der Waals surface area contributed by atoms with Crippen LogP contribution in [0.5, 0.6) is 5.75 Å². The van der Waals surface area contributed by atoms with Gasteiger partial charge in [-0.25, -0.2) is 0 Å². The maximum absolute atomic E-state index is 5.84. The number of rotatable bonds is 8. The van der Waals surface area contributed by atoms with E-state index < -0.39 is 0 Å². The molecule has 2 unspecified atom stereocenters. The fourth-order valence-electron chi connectivity index (χ4n) is 3.51. The Morgan fingerprint density at radius 3 is 2.00 bits per heavy atom. The van der Waals surface area contributed by atoms with Crippen molar-refractivity contribution < 1.29 is 49.0 Å². The van der Waals surface area contributed by atoms with E-state index in [1.807, 2.05) is 0 Å². The Morgan fingerprint density at radius 2 is 1.46 bits per heavy atom. The van der Waals surface area contributed by atoms with E-state index in [1.165, 1.54) is 47.9 Å². The molecule has 0 spiro atoms. The molecule has 0 aromatic heterocycles. The predicted octanol–water partition coefficient (Wildman–Crippen LogP) is 1.01. The van der Waals surface area contributed by atoms with Crippen LogP contribution in [0.25, 0.3) is 11.1 Å². The van der Waals surface area contributed by atoms with Gasteiger partial charge in [0.25, 0.3) is 0 Å². The molecule has 141 valence electrons. The minimum absolute atomic E-state index is 0. The minimum atomic E-state index is 0. The van der Waals surface area contributed by atoms with Gasteiger partial charge in [0.2, 0.25) is 0 Å². The number of hydrogen-bond acceptors (Lipinski definition) is 1. The van der Waals surface area contributed by atoms with E-state index in [-0.39, 0.29) is 24.8 Å². The van der Waals surface area contributed by atoms with Crippen LogP contribution in [0.4, 0.5) is 0 Å². The third-order valence-electron chi connectivity index (χ3n) is 4.87. The minimum Gasteiger partial charge on any atom is -1.00 e. The molecule has 2 aromatic rings. The molecule has 0 radical (unpaired) electrons. The Balaban J connectivity index is 0.00000312. The first kappa shape index (κ1) is 25.5. The van der Waals surface area contributed by atoms with Crippen molar-refractivity contribution >= 4 is 0 Å². The maximum Gasteiger partial charge on any atom is -1.00 e. The van der Waals surface area contributed by atoms with Gasteiger partial charge in [-0.15, -0.1) is 0 Å². The van der Waals surface area contributed by atoms with Crippen LogP contribution in [0.3, 0.4) is 0 Å². The van der Waals surface area contributed by atoms with E-state index in [0.29, 0.717) is 11.8 Å². The molecule has 0 saturated carbocycles. The van der Waals surface area contributed by atoms with Crippen LogP contribution in [0.1, 0.15) is 76.3 Å². The molecule has 2 rings (SSSR count). The molecule has 4 heteroatoms. The van der Waals surface area contributed by atoms with Gasteiger partial charge in [-0.2, -0.15) is 0 Å². The summed E-state index contributed by atoms with van der Waals surface area (Å²) in [5, 5.41) is 0. The van der Waals surface area contributed by atoms with Crippen LogP contribution >= 0.6 is 0 Å². The van der Waals surface area contributed by atoms with Crippen LogP contribution in [0.2, 0.25) is 0 Å². The summed E-state index contributed by atoms with van der Waals surface area (Å²) in [6.07, 6.45) is 4.83. The first-order valence-corrected chi connectivity index (χ1v) is 9.82. The number of halogens is 2. The summed E-state index contributed by atoms with van der Waals surface area (Å²) in [5.41, 5.74) is 5.36. The maximum atomic E-state index is 5.84. The van der Waals surface area contributed by atoms with Gasteiger partial charge in [0.15, 0.2) is 0 Å². The van der Waals surface area contributed by atoms with Crippen LogP contribution in [0.15, 0.2) is 42.5 Å². The summed E-state index contributed by atoms with van der Waals surface area (Å²) < 4.78 is 5.84. The second-order valence-corrected chi connectivity index (χ2v) is 7.15. The number of benzene rings is 2. The van der Waals surface area contributed by atoms with Gasteiger partial charge >= 0.3 is 160 Å². The molecule has 0 aliphatic rings. The smallest absolute Gasteiger partial charge is 1.00 e. The van der Waals surface area contributed by atoms with Crippen molar-refractivity contribution in [1.82, 2.24) is 0 Å². The topological polar surface area (TPSA) is 9.23 Å². The molecule has 0 aliphatic carbocycles. The van der Waals surface area contributed by atoms with Gasteiger partial charge in [0.1, 0.15) is 0 Å². The van der Waals surface area contributed by atoms with Crippen LogP contribution < -0.4 is 28.1 Å². The van der Waals surface area contributed by atoms with Crippen molar-refractivity contribution in [3.05, 3.63) is 53.6 Å². The first-order valence-electron chi connectivity index (χ1n) is 9.19. The van der Waals surface area contributed by atoms with E-state index in [1.54, 1.807) is 20.8 Å². The van der Waals surface area contributed by atoms with Crippen molar-refractivity contribution in [2.45, 2.75) is 65.2 Å². The van der Waals surface area contributed by atoms with E-state index in [0.717, 1.165) is 5.75 Å². The Hall–Kier alpha value is -0.466. The summed E-state index contributed by atoms with van der Waals surface area (Å²) in [7, 11) is 0. The SMILES string of the molecule is CCCC(C)c1cc([O][Ti+2])c(-c2ccccc2)c(C(C)CCC)c1.[Cl-].[Cl-]. The predicted molar refractivity (Wildman–Crippen MR) is 99.2 cm³/mol. The fraction of sp³-hybridized carbons (Fsp3) is 0.455. The van der Waals surface area contributed by atoms with Gasteiger partial charge in [0.05, 0.1) is 0 Å². The summed E-state index contributed by atoms with van der Waals surface area (Å²) >= 11 is 1.80. The van der Waals surface area contributed by atoms with E-state index in [2.05, 4.69) is 70.2 Å². The Bertz CT molecular complexity index is 646. The van der Waals surface area contributed by atoms with E-state index >= 15 is 0 Å². The Morgan fingerprint density at radius 1 is 0.885 bits per heavy atom. The van der Waals surface area contributed by atoms with Gasteiger partial charge in [-0.3, -0.25) is 0 Å². The van der Waals surface area contributed by atoms with Crippen molar-refractivity contribution in [3.63, 3.8) is 0 Å². The van der Waals surface area contributed by atoms with Gasteiger partial charge in [-0.05, 0) is 0 Å². The number of hydrogen-bond donors (Lipinski definition) is 0. The molecule has 0 aliphatic heterocycles. The molecule has 0 fully saturated rings. The normalized spacial score (nSPS) is 12.5. The molecule has 0 saturated heterocycles. The molecule has 26 heavy (non-hydrogen) atoms. The first-order chi connectivity index (χ1) is 11.6. The Kier molecular flexibility index (Phi) is 12.6. The van der Waals surface area contributed by atoms with Crippen molar-refractivity contribution in [2.75, 3.05) is 0 Å². The van der Waals surface area contributed by atoms with Crippen LogP contribution in [0, 0.1) is 0 Å². The van der Waals surface area contributed by atoms with E-state index in [4.69, 9.17) is 3.32 Å². The standard InChI is InChI=1S/C22H30O.2ClH.Ti/c1-5-10-16(3)19-14-20(17(4)11-6-2)22(21(23)15-19)18-12-8-7-9-13-18;;;/h7-9,12-17,23H,5-6,10-11H2,1-4H3;2*1H;/q;;;+3/p-3. The zero-order valence-electron chi connectivity index (χ0n) is 16.2. The molecule has 0 bridgehead atoms. The molecular formula is C22H29Cl2OTi. The quantitative estimate of drug-likeness (QED) is 0.571. The molecule has 0 N–H and O–H groups in total.